The van der Waals surface area contributed by atoms with Crippen LogP contribution >= 0.6 is 0 Å². The van der Waals surface area contributed by atoms with Gasteiger partial charge in [0.05, 0.1) is 7.11 Å². The van der Waals surface area contributed by atoms with Gasteiger partial charge in [-0.05, 0) is 36.2 Å². The van der Waals surface area contributed by atoms with E-state index in [1.54, 1.807) is 29.3 Å². The van der Waals surface area contributed by atoms with E-state index in [4.69, 9.17) is 4.74 Å². The number of aryl methyl sites for hydroxylation is 1. The van der Waals surface area contributed by atoms with E-state index in [-0.39, 0.29) is 18.4 Å². The molecule has 1 aliphatic heterocycles. The molecule has 1 saturated heterocycles. The van der Waals surface area contributed by atoms with Gasteiger partial charge < -0.3 is 14.5 Å². The van der Waals surface area contributed by atoms with Crippen molar-refractivity contribution >= 4 is 17.5 Å². The summed E-state index contributed by atoms with van der Waals surface area (Å²) in [5.74, 6) is 0.647. The molecule has 0 bridgehead atoms. The van der Waals surface area contributed by atoms with E-state index >= 15 is 0 Å². The molecular weight excluding hydrogens is 318 g/mol. The second kappa shape index (κ2) is 7.79. The molecule has 130 valence electrons. The summed E-state index contributed by atoms with van der Waals surface area (Å²) in [7, 11) is 1.60. The Labute approximate surface area is 147 Å². The standard InChI is InChI=1S/C19H21N3O3/c1-25-17-4-2-3-16(13-17)22-12-11-21(14-19(22)24)18(23)6-5-15-7-9-20-10-8-15/h2-4,7-10,13H,5-6,11-12,14H2,1H3. The van der Waals surface area contributed by atoms with Gasteiger partial charge in [-0.1, -0.05) is 6.07 Å². The molecule has 1 aromatic heterocycles. The fraction of sp³-hybridized carbons (Fsp3) is 0.316. The number of nitrogens with zero attached hydrogens (tertiary/aromatic N) is 3. The lowest BCUT2D eigenvalue weighted by atomic mass is 10.1. The molecule has 6 heteroatoms. The van der Waals surface area contributed by atoms with Crippen LogP contribution in [0.4, 0.5) is 5.69 Å². The van der Waals surface area contributed by atoms with Crippen molar-refractivity contribution in [2.24, 2.45) is 0 Å². The highest BCUT2D eigenvalue weighted by Crippen LogP contribution is 2.22. The smallest absolute Gasteiger partial charge is 0.246 e. The van der Waals surface area contributed by atoms with E-state index < -0.39 is 0 Å². The van der Waals surface area contributed by atoms with Gasteiger partial charge in [-0.2, -0.15) is 0 Å². The van der Waals surface area contributed by atoms with Crippen LogP contribution in [-0.2, 0) is 16.0 Å². The maximum atomic E-state index is 12.5. The summed E-state index contributed by atoms with van der Waals surface area (Å²) in [5.41, 5.74) is 1.87. The zero-order valence-electron chi connectivity index (χ0n) is 14.2. The maximum absolute atomic E-state index is 12.5. The second-order valence-corrected chi connectivity index (χ2v) is 5.92. The number of carbonyl (C=O) groups excluding carboxylic acids is 2. The van der Waals surface area contributed by atoms with Crippen LogP contribution in [0.1, 0.15) is 12.0 Å². The van der Waals surface area contributed by atoms with Gasteiger partial charge in [0.2, 0.25) is 11.8 Å². The van der Waals surface area contributed by atoms with Crippen LogP contribution < -0.4 is 9.64 Å². The maximum Gasteiger partial charge on any atom is 0.246 e. The molecule has 0 saturated carbocycles. The minimum atomic E-state index is -0.0724. The average molecular weight is 339 g/mol. The first-order valence-corrected chi connectivity index (χ1v) is 8.28. The third kappa shape index (κ3) is 4.15. The van der Waals surface area contributed by atoms with Crippen molar-refractivity contribution in [3.05, 3.63) is 54.4 Å². The first-order valence-electron chi connectivity index (χ1n) is 8.28. The van der Waals surface area contributed by atoms with E-state index in [0.29, 0.717) is 31.7 Å². The van der Waals surface area contributed by atoms with Crippen LogP contribution in [0.3, 0.4) is 0 Å². The Hall–Kier alpha value is -2.89. The molecule has 2 aromatic rings. The number of piperazine rings is 1. The zero-order valence-corrected chi connectivity index (χ0v) is 14.2. The Morgan fingerprint density at radius 2 is 2.00 bits per heavy atom. The monoisotopic (exact) mass is 339 g/mol. The van der Waals surface area contributed by atoms with Crippen LogP contribution in [0.25, 0.3) is 0 Å². The molecule has 6 nitrogen and oxygen atoms in total. The van der Waals surface area contributed by atoms with E-state index in [1.807, 2.05) is 36.4 Å². The van der Waals surface area contributed by atoms with Gasteiger partial charge >= 0.3 is 0 Å². The summed E-state index contributed by atoms with van der Waals surface area (Å²) < 4.78 is 5.21. The quantitative estimate of drug-likeness (QED) is 0.835. The molecule has 2 amide bonds. The molecule has 0 spiro atoms. The number of methoxy groups -OCH3 is 1. The Kier molecular flexibility index (Phi) is 5.28. The molecule has 0 atom stereocenters. The summed E-state index contributed by atoms with van der Waals surface area (Å²) in [4.78, 5) is 32.2. The molecule has 1 fully saturated rings. The predicted octanol–water partition coefficient (Wildman–Crippen LogP) is 1.90. The molecule has 25 heavy (non-hydrogen) atoms. The van der Waals surface area contributed by atoms with Crippen LogP contribution in [0.2, 0.25) is 0 Å². The van der Waals surface area contributed by atoms with Gasteiger partial charge in [-0.15, -0.1) is 0 Å². The highest BCUT2D eigenvalue weighted by molar-refractivity contribution is 5.98. The van der Waals surface area contributed by atoms with Crippen molar-refractivity contribution in [3.63, 3.8) is 0 Å². The lowest BCUT2D eigenvalue weighted by Crippen LogP contribution is -2.52. The van der Waals surface area contributed by atoms with E-state index in [1.165, 1.54) is 0 Å². The third-order valence-electron chi connectivity index (χ3n) is 4.32. The fourth-order valence-electron chi connectivity index (χ4n) is 2.90. The Bertz CT molecular complexity index is 749. The largest absolute Gasteiger partial charge is 0.497 e. The number of anilines is 1. The van der Waals surface area contributed by atoms with Crippen LogP contribution in [0.15, 0.2) is 48.8 Å². The van der Waals surface area contributed by atoms with Crippen LogP contribution in [0, 0.1) is 0 Å². The summed E-state index contributed by atoms with van der Waals surface area (Å²) in [6.45, 7) is 1.15. The first-order chi connectivity index (χ1) is 12.2. The number of hydrogen-bond acceptors (Lipinski definition) is 4. The number of ether oxygens (including phenoxy) is 1. The van der Waals surface area contributed by atoms with Gasteiger partial charge in [0.15, 0.2) is 0 Å². The highest BCUT2D eigenvalue weighted by atomic mass is 16.5. The van der Waals surface area contributed by atoms with Crippen molar-refractivity contribution < 1.29 is 14.3 Å². The van der Waals surface area contributed by atoms with Crippen molar-refractivity contribution in [1.29, 1.82) is 0 Å². The number of amides is 2. The van der Waals surface area contributed by atoms with E-state index in [0.717, 1.165) is 11.3 Å². The van der Waals surface area contributed by atoms with Gasteiger partial charge in [0.1, 0.15) is 12.3 Å². The molecule has 2 heterocycles. The molecule has 0 radical (unpaired) electrons. The van der Waals surface area contributed by atoms with Gasteiger partial charge in [-0.3, -0.25) is 14.6 Å². The fourth-order valence-corrected chi connectivity index (χ4v) is 2.90. The number of carbonyl (C=O) groups is 2. The van der Waals surface area contributed by atoms with Crippen molar-refractivity contribution in [3.8, 4) is 5.75 Å². The van der Waals surface area contributed by atoms with Crippen molar-refractivity contribution in [2.75, 3.05) is 31.6 Å². The van der Waals surface area contributed by atoms with Crippen molar-refractivity contribution in [1.82, 2.24) is 9.88 Å². The molecule has 0 N–H and O–H groups in total. The van der Waals surface area contributed by atoms with E-state index in [2.05, 4.69) is 4.98 Å². The number of benzene rings is 1. The molecular formula is C19H21N3O3. The van der Waals surface area contributed by atoms with Crippen LogP contribution in [0.5, 0.6) is 5.75 Å². The van der Waals surface area contributed by atoms with E-state index in [9.17, 15) is 9.59 Å². The zero-order chi connectivity index (χ0) is 17.6. The summed E-state index contributed by atoms with van der Waals surface area (Å²) in [6.07, 6.45) is 4.49. The summed E-state index contributed by atoms with van der Waals surface area (Å²) in [5, 5.41) is 0. The minimum Gasteiger partial charge on any atom is -0.497 e. The van der Waals surface area contributed by atoms with Crippen LogP contribution in [-0.4, -0.2) is 48.4 Å². The van der Waals surface area contributed by atoms with Gasteiger partial charge in [0.25, 0.3) is 0 Å². The Balaban J connectivity index is 1.57. The predicted molar refractivity (Wildman–Crippen MR) is 94.5 cm³/mol. The molecule has 1 aliphatic rings. The molecule has 0 unspecified atom stereocenters. The lowest BCUT2D eigenvalue weighted by Gasteiger charge is -2.34. The SMILES string of the molecule is COc1cccc(N2CCN(C(=O)CCc3ccncc3)CC2=O)c1. The number of pyridine rings is 1. The second-order valence-electron chi connectivity index (χ2n) is 5.92. The minimum absolute atomic E-state index is 0.00968. The first kappa shape index (κ1) is 17.0. The highest BCUT2D eigenvalue weighted by Gasteiger charge is 2.27. The number of aromatic nitrogens is 1. The van der Waals surface area contributed by atoms with Gasteiger partial charge in [0, 0.05) is 43.7 Å². The molecule has 1 aromatic carbocycles. The number of rotatable bonds is 5. The third-order valence-corrected chi connectivity index (χ3v) is 4.32. The number of hydrogen-bond donors (Lipinski definition) is 0. The summed E-state index contributed by atoms with van der Waals surface area (Å²) >= 11 is 0. The summed E-state index contributed by atoms with van der Waals surface area (Å²) in [6, 6.07) is 11.2. The lowest BCUT2D eigenvalue weighted by molar-refractivity contribution is -0.136. The van der Waals surface area contributed by atoms with Gasteiger partial charge in [-0.25, -0.2) is 0 Å². The molecule has 3 rings (SSSR count). The normalized spacial score (nSPS) is 14.5. The molecule has 0 aliphatic carbocycles. The topological polar surface area (TPSA) is 62.7 Å². The van der Waals surface area contributed by atoms with Crippen molar-refractivity contribution in [2.45, 2.75) is 12.8 Å². The Morgan fingerprint density at radius 3 is 2.72 bits per heavy atom. The average Bonchev–Trinajstić information content (AvgIpc) is 2.67. The Morgan fingerprint density at radius 1 is 1.20 bits per heavy atom.